The minimum atomic E-state index is -1.15. The van der Waals surface area contributed by atoms with Gasteiger partial charge in [0.1, 0.15) is 78.9 Å². The summed E-state index contributed by atoms with van der Waals surface area (Å²) in [5.74, 6) is -3.67. The summed E-state index contributed by atoms with van der Waals surface area (Å²) >= 11 is 3.57. The Bertz CT molecular complexity index is 3760. The van der Waals surface area contributed by atoms with E-state index < -0.39 is 73.2 Å². The van der Waals surface area contributed by atoms with Crippen LogP contribution in [-0.4, -0.2) is 125 Å². The van der Waals surface area contributed by atoms with E-state index in [1.807, 2.05) is 38.1 Å². The van der Waals surface area contributed by atoms with Crippen molar-refractivity contribution < 1.29 is 63.7 Å². The summed E-state index contributed by atoms with van der Waals surface area (Å²) in [5, 5.41) is 18.0. The van der Waals surface area contributed by atoms with E-state index in [0.717, 1.165) is 109 Å². The fourth-order valence-electron chi connectivity index (χ4n) is 12.0. The van der Waals surface area contributed by atoms with Crippen LogP contribution in [0, 0.1) is 64.3 Å². The van der Waals surface area contributed by atoms with Crippen molar-refractivity contribution in [2.24, 2.45) is 33.1 Å². The largest absolute Gasteiger partial charge is 0.493 e. The number of amides is 6. The number of para-hydroxylation sites is 1. The maximum absolute atomic E-state index is 14.6. The molecule has 12 rings (SSSR count). The number of rotatable bonds is 9. The van der Waals surface area contributed by atoms with E-state index in [2.05, 4.69) is 22.2 Å². The zero-order valence-corrected chi connectivity index (χ0v) is 54.2. The van der Waals surface area contributed by atoms with Gasteiger partial charge in [0, 0.05) is 93.4 Å². The monoisotopic (exact) mass is 1330 g/mol. The standard InChI is InChI=1S/2C22H22F3N3O2S.C22H23F2N3O2S/c2*1-4-5-13-12-30-19-9-7-15(24)11-17(19)22(13)28(21(29)27(2)3)26-20(31-22)16-10-14(23)6-8-18(16)25;1-4-7-14-13-29-19-9-6-5-8-17(19)22(14)27(21(28)26(2)3)25-20(30-22)16-12-15(23)10-11-18(16)24/h2*6-11,13H,4-5,12H2,1-3H3;5-6,8-12,14H,4,7,13H2,1-3H3/t2*13-,22+;14-,22+/m100/s1. The van der Waals surface area contributed by atoms with E-state index in [4.69, 9.17) is 14.2 Å². The molecule has 3 spiro atoms. The number of hydrazone groups is 3. The number of thioether (sulfide) groups is 3. The van der Waals surface area contributed by atoms with Gasteiger partial charge in [-0.1, -0.05) is 93.5 Å². The first-order valence-corrected chi connectivity index (χ1v) is 32.2. The number of urea groups is 3. The topological polar surface area (TPSA) is 135 Å². The van der Waals surface area contributed by atoms with Crippen LogP contribution in [0.5, 0.6) is 17.2 Å². The molecular weight excluding hydrogens is 1260 g/mol. The van der Waals surface area contributed by atoms with E-state index in [9.17, 15) is 49.5 Å². The van der Waals surface area contributed by atoms with Gasteiger partial charge in [0.2, 0.25) is 0 Å². The molecule has 486 valence electrons. The molecule has 0 unspecified atom stereocenters. The summed E-state index contributed by atoms with van der Waals surface area (Å²) in [6.07, 6.45) is 4.56. The van der Waals surface area contributed by atoms with Gasteiger partial charge in [-0.2, -0.15) is 30.3 Å². The number of hydrogen-bond acceptors (Lipinski definition) is 12. The molecule has 0 saturated carbocycles. The first-order chi connectivity index (χ1) is 43.9. The molecular formula is C66H67F8N9O6S3. The molecule has 26 heteroatoms. The molecule has 15 nitrogen and oxygen atoms in total. The molecule has 0 N–H and O–H groups in total. The second kappa shape index (κ2) is 27.3. The Morgan fingerprint density at radius 1 is 0.424 bits per heavy atom. The van der Waals surface area contributed by atoms with Crippen LogP contribution in [0.4, 0.5) is 49.5 Å². The maximum Gasteiger partial charge on any atom is 0.341 e. The molecule has 6 aliphatic rings. The fraction of sp³-hybridized carbons (Fsp3) is 0.364. The van der Waals surface area contributed by atoms with Crippen molar-refractivity contribution in [3.63, 3.8) is 0 Å². The summed E-state index contributed by atoms with van der Waals surface area (Å²) in [7, 11) is 9.62. The fourth-order valence-corrected chi connectivity index (χ4v) is 16.5. The number of carbonyl (C=O) groups is 3. The van der Waals surface area contributed by atoms with Gasteiger partial charge >= 0.3 is 18.1 Å². The highest BCUT2D eigenvalue weighted by Crippen LogP contribution is 2.61. The molecule has 6 aliphatic heterocycles. The average Bonchev–Trinajstić information content (AvgIpc) is 1.51. The zero-order chi connectivity index (χ0) is 66.1. The minimum absolute atomic E-state index is 0.0434. The number of hydrogen-bond donors (Lipinski definition) is 0. The van der Waals surface area contributed by atoms with Crippen LogP contribution in [0.1, 0.15) is 92.7 Å². The highest BCUT2D eigenvalue weighted by Gasteiger charge is 2.61. The van der Waals surface area contributed by atoms with Crippen molar-refractivity contribution in [2.75, 3.05) is 62.1 Å². The molecule has 0 fully saturated rings. The van der Waals surface area contributed by atoms with E-state index in [1.54, 1.807) is 42.3 Å². The van der Waals surface area contributed by atoms with Gasteiger partial charge in [-0.25, -0.2) is 49.5 Å². The lowest BCUT2D eigenvalue weighted by molar-refractivity contribution is 0.0656. The second-order valence-electron chi connectivity index (χ2n) is 23.1. The predicted octanol–water partition coefficient (Wildman–Crippen LogP) is 15.3. The average molecular weight is 1330 g/mol. The molecule has 0 aromatic heterocycles. The second-order valence-corrected chi connectivity index (χ2v) is 26.8. The van der Waals surface area contributed by atoms with Crippen molar-refractivity contribution in [3.8, 4) is 17.2 Å². The summed E-state index contributed by atoms with van der Waals surface area (Å²) in [6, 6.07) is 24.1. The summed E-state index contributed by atoms with van der Waals surface area (Å²) < 4.78 is 132. The first-order valence-electron chi connectivity index (χ1n) is 29.7. The normalized spacial score (nSPS) is 22.3. The van der Waals surface area contributed by atoms with Gasteiger partial charge in [0.05, 0.1) is 19.8 Å². The highest BCUT2D eigenvalue weighted by atomic mass is 32.2. The van der Waals surface area contributed by atoms with Crippen molar-refractivity contribution in [3.05, 3.63) is 195 Å². The van der Waals surface area contributed by atoms with Gasteiger partial charge in [0.25, 0.3) is 0 Å². The van der Waals surface area contributed by atoms with E-state index in [-0.39, 0.29) is 68.8 Å². The Morgan fingerprint density at radius 3 is 1.02 bits per heavy atom. The maximum atomic E-state index is 14.6. The van der Waals surface area contributed by atoms with Crippen molar-refractivity contribution in [1.82, 2.24) is 29.7 Å². The van der Waals surface area contributed by atoms with Gasteiger partial charge in [-0.3, -0.25) is 0 Å². The molecule has 0 aliphatic carbocycles. The number of ether oxygens (including phenoxy) is 3. The molecule has 0 radical (unpaired) electrons. The van der Waals surface area contributed by atoms with Gasteiger partial charge in [0.15, 0.2) is 14.6 Å². The Hall–Kier alpha value is -7.97. The minimum Gasteiger partial charge on any atom is -0.493 e. The zero-order valence-electron chi connectivity index (χ0n) is 51.8. The Kier molecular flexibility index (Phi) is 19.9. The molecule has 0 bridgehead atoms. The van der Waals surface area contributed by atoms with Crippen LogP contribution in [0.25, 0.3) is 0 Å². The highest BCUT2D eigenvalue weighted by molar-refractivity contribution is 8.16. The summed E-state index contributed by atoms with van der Waals surface area (Å²) in [4.78, 5) is 40.6. The number of halogens is 8. The molecule has 0 saturated heterocycles. The lowest BCUT2D eigenvalue weighted by atomic mass is 9.86. The predicted molar refractivity (Wildman–Crippen MR) is 340 cm³/mol. The third-order valence-corrected chi connectivity index (χ3v) is 20.9. The van der Waals surface area contributed by atoms with Gasteiger partial charge < -0.3 is 28.9 Å². The molecule has 6 amide bonds. The van der Waals surface area contributed by atoms with Crippen molar-refractivity contribution in [1.29, 1.82) is 0 Å². The molecule has 6 aromatic carbocycles. The van der Waals surface area contributed by atoms with Crippen LogP contribution in [-0.2, 0) is 14.6 Å². The van der Waals surface area contributed by atoms with Crippen LogP contribution in [0.15, 0.2) is 131 Å². The van der Waals surface area contributed by atoms with Gasteiger partial charge in [-0.15, -0.1) is 0 Å². The lowest BCUT2D eigenvalue weighted by Crippen LogP contribution is -2.53. The third-order valence-electron chi connectivity index (χ3n) is 16.3. The number of carbonyl (C=O) groups excluding carboxylic acids is 3. The summed E-state index contributed by atoms with van der Waals surface area (Å²) in [5.41, 5.74) is 1.68. The molecule has 6 aromatic rings. The summed E-state index contributed by atoms with van der Waals surface area (Å²) in [6.45, 7) is 7.04. The molecule has 92 heavy (non-hydrogen) atoms. The quantitative estimate of drug-likeness (QED) is 0.130. The Labute approximate surface area is 540 Å². The van der Waals surface area contributed by atoms with Crippen molar-refractivity contribution in [2.45, 2.75) is 73.9 Å². The Balaban J connectivity index is 0.000000151. The first kappa shape index (κ1) is 66.9. The smallest absolute Gasteiger partial charge is 0.341 e. The van der Waals surface area contributed by atoms with E-state index in [0.29, 0.717) is 47.8 Å². The Morgan fingerprint density at radius 2 is 0.707 bits per heavy atom. The van der Waals surface area contributed by atoms with Crippen LogP contribution in [0.3, 0.4) is 0 Å². The third kappa shape index (κ3) is 12.3. The number of benzene rings is 6. The molecule has 6 heterocycles. The van der Waals surface area contributed by atoms with Crippen LogP contribution < -0.4 is 14.2 Å². The number of fused-ring (bicyclic) bond motifs is 6. The lowest BCUT2D eigenvalue weighted by Gasteiger charge is -2.45. The van der Waals surface area contributed by atoms with Crippen LogP contribution >= 0.6 is 35.3 Å². The van der Waals surface area contributed by atoms with Gasteiger partial charge in [-0.05, 0) is 116 Å². The van der Waals surface area contributed by atoms with Crippen molar-refractivity contribution >= 4 is 68.5 Å². The van der Waals surface area contributed by atoms with Crippen LogP contribution in [0.2, 0.25) is 0 Å². The van der Waals surface area contributed by atoms with E-state index in [1.165, 1.54) is 77.9 Å². The number of nitrogens with zero attached hydrogens (tertiary/aromatic N) is 9. The van der Waals surface area contributed by atoms with E-state index >= 15 is 0 Å². The molecule has 6 atom stereocenters. The SMILES string of the molecule is CCC[C@@H]1COc2ccc(F)cc2[C@@]12SC(c1cc(F)ccc1F)=NN2C(=O)N(C)C.CCC[C@H]1COc2ccc(F)cc2[C@]12SC(c1cc(F)ccc1F)=NN2C(=O)N(C)C.CCC[C@H]1COc2ccccc2[C@]12SC(c1cc(F)ccc1F)=NN2C(=O)N(C)C.